The van der Waals surface area contributed by atoms with Gasteiger partial charge < -0.3 is 15.7 Å². The van der Waals surface area contributed by atoms with E-state index in [1.165, 1.54) is 6.92 Å². The van der Waals surface area contributed by atoms with Crippen molar-refractivity contribution in [2.45, 2.75) is 51.6 Å². The molecule has 1 unspecified atom stereocenters. The molecule has 0 spiro atoms. The Hall–Kier alpha value is -1.10. The van der Waals surface area contributed by atoms with E-state index in [2.05, 4.69) is 17.6 Å². The van der Waals surface area contributed by atoms with Gasteiger partial charge in [-0.1, -0.05) is 6.92 Å². The van der Waals surface area contributed by atoms with Gasteiger partial charge in [-0.05, 0) is 31.6 Å². The Balaban J connectivity index is 2.38. The second-order valence-corrected chi connectivity index (χ2v) is 4.90. The number of amides is 2. The van der Waals surface area contributed by atoms with Crippen LogP contribution in [0.25, 0.3) is 0 Å². The summed E-state index contributed by atoms with van der Waals surface area (Å²) in [5, 5.41) is 14.4. The van der Waals surface area contributed by atoms with Crippen LogP contribution in [0.1, 0.15) is 39.5 Å². The normalized spacial score (nSPS) is 26.1. The third-order valence-corrected chi connectivity index (χ3v) is 3.24. The Kier molecular flexibility index (Phi) is 5.41. The topological polar surface area (TPSA) is 78.4 Å². The molecule has 0 aromatic heterocycles. The van der Waals surface area contributed by atoms with Gasteiger partial charge in [0.15, 0.2) is 0 Å². The lowest BCUT2D eigenvalue weighted by Gasteiger charge is -2.28. The van der Waals surface area contributed by atoms with Gasteiger partial charge in [-0.15, -0.1) is 0 Å². The number of hydrogen-bond donors (Lipinski definition) is 3. The van der Waals surface area contributed by atoms with Gasteiger partial charge in [-0.3, -0.25) is 9.59 Å². The number of hydrogen-bond acceptors (Lipinski definition) is 3. The van der Waals surface area contributed by atoms with E-state index in [0.29, 0.717) is 0 Å². The van der Waals surface area contributed by atoms with E-state index in [0.717, 1.165) is 31.6 Å². The average Bonchev–Trinajstić information content (AvgIpc) is 2.28. The van der Waals surface area contributed by atoms with Crippen LogP contribution >= 0.6 is 0 Å². The van der Waals surface area contributed by atoms with Crippen LogP contribution in [-0.2, 0) is 9.59 Å². The monoisotopic (exact) mass is 242 g/mol. The molecule has 1 aliphatic carbocycles. The number of carbonyl (C=O) groups excluding carboxylic acids is 2. The van der Waals surface area contributed by atoms with Gasteiger partial charge in [0.25, 0.3) is 0 Å². The molecule has 1 atom stereocenters. The first-order chi connectivity index (χ1) is 8.02. The fourth-order valence-corrected chi connectivity index (χ4v) is 2.15. The first-order valence-electron chi connectivity index (χ1n) is 6.21. The highest BCUT2D eigenvalue weighted by Crippen LogP contribution is 2.23. The summed E-state index contributed by atoms with van der Waals surface area (Å²) in [5.41, 5.74) is 0. The summed E-state index contributed by atoms with van der Waals surface area (Å²) in [5.74, 6) is 0.130. The summed E-state index contributed by atoms with van der Waals surface area (Å²) in [6, 6.07) is -0.645. The van der Waals surface area contributed by atoms with Crippen molar-refractivity contribution in [2.75, 3.05) is 6.61 Å². The molecule has 1 rings (SSSR count). The van der Waals surface area contributed by atoms with E-state index < -0.39 is 6.04 Å². The van der Waals surface area contributed by atoms with Crippen LogP contribution in [0.4, 0.5) is 0 Å². The highest BCUT2D eigenvalue weighted by atomic mass is 16.3. The standard InChI is InChI=1S/C12H22N2O3/c1-8-3-5-10(6-4-8)14-12(17)11(7-15)13-9(2)16/h8,10-11,15H,3-7H2,1-2H3,(H,13,16)(H,14,17). The average molecular weight is 242 g/mol. The SMILES string of the molecule is CC(=O)NC(CO)C(=O)NC1CCC(C)CC1. The smallest absolute Gasteiger partial charge is 0.245 e. The van der Waals surface area contributed by atoms with Gasteiger partial charge in [0.05, 0.1) is 6.61 Å². The molecule has 2 amide bonds. The van der Waals surface area contributed by atoms with Crippen LogP contribution in [0.5, 0.6) is 0 Å². The van der Waals surface area contributed by atoms with Crippen molar-refractivity contribution in [3.05, 3.63) is 0 Å². The molecule has 0 aliphatic heterocycles. The Morgan fingerprint density at radius 3 is 2.35 bits per heavy atom. The lowest BCUT2D eigenvalue weighted by Crippen LogP contribution is -2.51. The maximum absolute atomic E-state index is 11.8. The quantitative estimate of drug-likeness (QED) is 0.658. The third kappa shape index (κ3) is 4.73. The second-order valence-electron chi connectivity index (χ2n) is 4.90. The minimum Gasteiger partial charge on any atom is -0.394 e. The molecule has 98 valence electrons. The largest absolute Gasteiger partial charge is 0.394 e. The lowest BCUT2D eigenvalue weighted by molar-refractivity contribution is -0.129. The van der Waals surface area contributed by atoms with Crippen molar-refractivity contribution in [1.82, 2.24) is 10.6 Å². The van der Waals surface area contributed by atoms with Gasteiger partial charge in [0, 0.05) is 13.0 Å². The first-order valence-corrected chi connectivity index (χ1v) is 6.21. The fourth-order valence-electron chi connectivity index (χ4n) is 2.15. The van der Waals surface area contributed by atoms with Crippen LogP contribution < -0.4 is 10.6 Å². The van der Waals surface area contributed by atoms with Crippen molar-refractivity contribution < 1.29 is 14.7 Å². The zero-order chi connectivity index (χ0) is 12.8. The highest BCUT2D eigenvalue weighted by Gasteiger charge is 2.24. The number of aliphatic hydroxyl groups excluding tert-OH is 1. The predicted molar refractivity (Wildman–Crippen MR) is 64.3 cm³/mol. The minimum atomic E-state index is -0.827. The van der Waals surface area contributed by atoms with E-state index in [9.17, 15) is 9.59 Å². The van der Waals surface area contributed by atoms with E-state index in [1.54, 1.807) is 0 Å². The van der Waals surface area contributed by atoms with Crippen LogP contribution in [0.3, 0.4) is 0 Å². The third-order valence-electron chi connectivity index (χ3n) is 3.24. The molecule has 0 heterocycles. The van der Waals surface area contributed by atoms with Crippen molar-refractivity contribution in [2.24, 2.45) is 5.92 Å². The molecule has 0 saturated heterocycles. The van der Waals surface area contributed by atoms with E-state index in [4.69, 9.17) is 5.11 Å². The summed E-state index contributed by atoms with van der Waals surface area (Å²) in [4.78, 5) is 22.6. The van der Waals surface area contributed by atoms with Crippen LogP contribution in [0, 0.1) is 5.92 Å². The molecule has 1 aliphatic rings. The predicted octanol–water partition coefficient (Wildman–Crippen LogP) is 0.178. The summed E-state index contributed by atoms with van der Waals surface area (Å²) >= 11 is 0. The summed E-state index contributed by atoms with van der Waals surface area (Å²) in [7, 11) is 0. The van der Waals surface area contributed by atoms with Crippen LogP contribution in [-0.4, -0.2) is 35.6 Å². The first kappa shape index (κ1) is 14.0. The summed E-state index contributed by atoms with van der Waals surface area (Å²) < 4.78 is 0. The number of aliphatic hydroxyl groups is 1. The molecule has 0 aromatic carbocycles. The van der Waals surface area contributed by atoms with Crippen LogP contribution in [0.15, 0.2) is 0 Å². The molecular weight excluding hydrogens is 220 g/mol. The molecule has 0 radical (unpaired) electrons. The number of nitrogens with one attached hydrogen (secondary N) is 2. The van der Waals surface area contributed by atoms with Crippen molar-refractivity contribution in [1.29, 1.82) is 0 Å². The van der Waals surface area contributed by atoms with E-state index >= 15 is 0 Å². The van der Waals surface area contributed by atoms with Crippen molar-refractivity contribution in [3.8, 4) is 0 Å². The molecule has 0 bridgehead atoms. The molecule has 5 heteroatoms. The maximum atomic E-state index is 11.8. The molecular formula is C12H22N2O3. The summed E-state index contributed by atoms with van der Waals surface area (Å²) in [6.07, 6.45) is 4.19. The maximum Gasteiger partial charge on any atom is 0.245 e. The van der Waals surface area contributed by atoms with E-state index in [-0.39, 0.29) is 24.5 Å². The zero-order valence-corrected chi connectivity index (χ0v) is 10.5. The number of rotatable bonds is 4. The van der Waals surface area contributed by atoms with Gasteiger partial charge in [0.2, 0.25) is 11.8 Å². The molecule has 1 saturated carbocycles. The van der Waals surface area contributed by atoms with Gasteiger partial charge >= 0.3 is 0 Å². The molecule has 1 fully saturated rings. The van der Waals surface area contributed by atoms with Gasteiger partial charge in [0.1, 0.15) is 6.04 Å². The van der Waals surface area contributed by atoms with E-state index in [1.807, 2.05) is 0 Å². The van der Waals surface area contributed by atoms with Gasteiger partial charge in [-0.2, -0.15) is 0 Å². The Bertz CT molecular complexity index is 273. The Labute approximate surface area is 102 Å². The number of carbonyl (C=O) groups is 2. The zero-order valence-electron chi connectivity index (χ0n) is 10.5. The van der Waals surface area contributed by atoms with Crippen molar-refractivity contribution >= 4 is 11.8 Å². The lowest BCUT2D eigenvalue weighted by atomic mass is 9.87. The minimum absolute atomic E-state index is 0.182. The highest BCUT2D eigenvalue weighted by molar-refractivity contribution is 5.87. The second kappa shape index (κ2) is 6.59. The molecule has 5 nitrogen and oxygen atoms in total. The molecule has 3 N–H and O–H groups in total. The molecule has 0 aromatic rings. The Morgan fingerprint density at radius 1 is 1.29 bits per heavy atom. The van der Waals surface area contributed by atoms with Crippen molar-refractivity contribution in [3.63, 3.8) is 0 Å². The fraction of sp³-hybridized carbons (Fsp3) is 0.833. The summed E-state index contributed by atoms with van der Waals surface area (Å²) in [6.45, 7) is 3.18. The Morgan fingerprint density at radius 2 is 1.88 bits per heavy atom. The van der Waals surface area contributed by atoms with Crippen LogP contribution in [0.2, 0.25) is 0 Å². The molecule has 17 heavy (non-hydrogen) atoms. The van der Waals surface area contributed by atoms with Gasteiger partial charge in [-0.25, -0.2) is 0 Å².